The van der Waals surface area contributed by atoms with Crippen molar-refractivity contribution < 1.29 is 45.5 Å². The van der Waals surface area contributed by atoms with Crippen LogP contribution in [0.3, 0.4) is 0 Å². The van der Waals surface area contributed by atoms with Crippen molar-refractivity contribution in [3.63, 3.8) is 0 Å². The molecule has 236 valence electrons. The van der Waals surface area contributed by atoms with E-state index in [2.05, 4.69) is 0 Å². The highest BCUT2D eigenvalue weighted by molar-refractivity contribution is 6.23. The fourth-order valence-corrected chi connectivity index (χ4v) is 6.38. The molecule has 0 radical (unpaired) electrons. The monoisotopic (exact) mass is 676 g/mol. The molecule has 0 aliphatic carbocycles. The van der Waals surface area contributed by atoms with Crippen molar-refractivity contribution in [1.29, 1.82) is 0 Å². The predicted octanol–water partition coefficient (Wildman–Crippen LogP) is 14.4. The van der Waals surface area contributed by atoms with E-state index >= 15 is 0 Å². The molecule has 0 saturated carbocycles. The van der Waals surface area contributed by atoms with Crippen molar-refractivity contribution in [3.05, 3.63) is 181 Å². The molecule has 0 unspecified atom stereocenters. The second kappa shape index (κ2) is 10.9. The van der Waals surface area contributed by atoms with E-state index < -0.39 is 290 Å². The van der Waals surface area contributed by atoms with Crippen molar-refractivity contribution in [1.82, 2.24) is 0 Å². The average Bonchev–Trinajstić information content (AvgIpc) is 2.55. The Balaban J connectivity index is 1.37. The molecule has 0 aliphatic rings. The van der Waals surface area contributed by atoms with Gasteiger partial charge in [-0.2, -0.15) is 0 Å². The Morgan fingerprint density at radius 1 is 0.314 bits per heavy atom. The summed E-state index contributed by atoms with van der Waals surface area (Å²) in [4.78, 5) is 0. The lowest BCUT2D eigenvalue weighted by molar-refractivity contribution is 0.672. The largest absolute Gasteiger partial charge is 0.455 e. The number of furan rings is 1. The highest BCUT2D eigenvalue weighted by atomic mass is 16.3. The molecule has 0 saturated heterocycles. The van der Waals surface area contributed by atoms with Crippen LogP contribution in [0.25, 0.3) is 109 Å². The molecule has 0 fully saturated rings. The Bertz CT molecular complexity index is 4820. The van der Waals surface area contributed by atoms with Crippen LogP contribution in [0.4, 0.5) is 0 Å². The smallest absolute Gasteiger partial charge is 0.143 e. The maximum absolute atomic E-state index is 9.87. The third-order valence-electron chi connectivity index (χ3n) is 8.56. The van der Waals surface area contributed by atoms with Crippen molar-refractivity contribution in [2.24, 2.45) is 0 Å². The lowest BCUT2D eigenvalue weighted by Gasteiger charge is -2.18. The summed E-state index contributed by atoms with van der Waals surface area (Å²) in [6.45, 7) is 0. The quantitative estimate of drug-likeness (QED) is 0.134. The van der Waals surface area contributed by atoms with Gasteiger partial charge in [0.15, 0.2) is 0 Å². The Morgan fingerprint density at radius 2 is 0.824 bits per heavy atom. The van der Waals surface area contributed by atoms with E-state index in [4.69, 9.17) is 29.1 Å². The number of rotatable bonds is 3. The van der Waals surface area contributed by atoms with Gasteiger partial charge in [-0.1, -0.05) is 157 Å². The van der Waals surface area contributed by atoms with Gasteiger partial charge in [0.1, 0.15) is 11.2 Å². The first-order valence-electron chi connectivity index (χ1n) is 30.2. The van der Waals surface area contributed by atoms with Gasteiger partial charge in [0, 0.05) is 16.2 Å². The summed E-state index contributed by atoms with van der Waals surface area (Å²) in [5.74, 6) is 0. The summed E-state index contributed by atoms with van der Waals surface area (Å²) in [7, 11) is 0. The van der Waals surface area contributed by atoms with Gasteiger partial charge in [0.25, 0.3) is 0 Å². The van der Waals surface area contributed by atoms with Crippen LogP contribution in [0.2, 0.25) is 0 Å². The highest BCUT2D eigenvalue weighted by Crippen LogP contribution is 2.46. The summed E-state index contributed by atoms with van der Waals surface area (Å²) >= 11 is 0. The molecule has 0 aliphatic heterocycles. The molecule has 10 aromatic carbocycles. The molecular formula is C50H30O. The fraction of sp³-hybridized carbons (Fsp3) is 0. The average molecular weight is 677 g/mol. The minimum atomic E-state index is -1.15. The zero-order valence-electron chi connectivity index (χ0n) is 55.4. The van der Waals surface area contributed by atoms with Gasteiger partial charge in [0.05, 0.1) is 41.1 Å². The van der Waals surface area contributed by atoms with E-state index in [1.165, 1.54) is 0 Å². The Labute approximate surface area is 336 Å². The van der Waals surface area contributed by atoms with Crippen molar-refractivity contribution >= 4 is 75.8 Å². The number of benzene rings is 10. The van der Waals surface area contributed by atoms with Crippen molar-refractivity contribution in [2.45, 2.75) is 0 Å². The van der Waals surface area contributed by atoms with E-state index in [0.717, 1.165) is 0 Å². The van der Waals surface area contributed by atoms with Gasteiger partial charge in [-0.05, 0) is 106 Å². The summed E-state index contributed by atoms with van der Waals surface area (Å²) in [5.41, 5.74) is -6.01. The predicted molar refractivity (Wildman–Crippen MR) is 218 cm³/mol. The second-order valence-corrected chi connectivity index (χ2v) is 11.3. The maximum atomic E-state index is 9.87. The van der Waals surface area contributed by atoms with Crippen molar-refractivity contribution in [2.75, 3.05) is 0 Å². The van der Waals surface area contributed by atoms with Crippen LogP contribution >= 0.6 is 0 Å². The molecular weight excluding hydrogens is 617 g/mol. The third-order valence-corrected chi connectivity index (χ3v) is 8.56. The van der Waals surface area contributed by atoms with Crippen LogP contribution in [0.1, 0.15) is 41.1 Å². The number of hydrogen-bond acceptors (Lipinski definition) is 1. The molecule has 1 aromatic heterocycles. The molecule has 1 heteroatoms. The minimum Gasteiger partial charge on any atom is -0.455 e. The molecule has 0 bridgehead atoms. The van der Waals surface area contributed by atoms with Crippen LogP contribution in [-0.2, 0) is 0 Å². The topological polar surface area (TPSA) is 13.1 Å². The molecule has 0 spiro atoms. The van der Waals surface area contributed by atoms with E-state index in [9.17, 15) is 16.4 Å². The first kappa shape index (κ1) is 11.7. The van der Waals surface area contributed by atoms with E-state index in [1.807, 2.05) is 0 Å². The highest BCUT2D eigenvalue weighted by Gasteiger charge is 2.19. The summed E-state index contributed by atoms with van der Waals surface area (Å²) in [5, 5.41) is -7.40. The second-order valence-electron chi connectivity index (χ2n) is 11.3. The Kier molecular flexibility index (Phi) is 2.50. The third kappa shape index (κ3) is 4.22. The van der Waals surface area contributed by atoms with Crippen LogP contribution in [0.5, 0.6) is 0 Å². The molecule has 0 atom stereocenters. The zero-order chi connectivity index (χ0) is 59.6. The minimum absolute atomic E-state index is 0.431. The molecule has 0 N–H and O–H groups in total. The van der Waals surface area contributed by atoms with Gasteiger partial charge >= 0.3 is 0 Å². The number of hydrogen-bond donors (Lipinski definition) is 0. The lowest BCUT2D eigenvalue weighted by atomic mass is 9.85. The van der Waals surface area contributed by atoms with Crippen LogP contribution in [0.15, 0.2) is 186 Å². The standard InChI is InChI=1S/C50H30O/c1-4-14-37-31(11-1)25-27-44-46-30-35(26-28-47(46)51-50(37)44)49-42-19-9-7-17-40(42)48(41-18-8-10-20-43(41)49)33-23-21-32(22-24-33)45-29-34-12-2-3-13-36(34)38-15-5-6-16-39(38)45/h1-30H/i1D,2D,3D,4D,5D,6D,7D,8D,9D,10D,11D,12D,13D,14D,15D,16D,17D,18D,19D,20D,21D,22D,23D,24D,25D,26D,27D,28D,29D,30D. The van der Waals surface area contributed by atoms with E-state index in [-0.39, 0.29) is 0 Å². The van der Waals surface area contributed by atoms with Gasteiger partial charge in [0.2, 0.25) is 0 Å². The summed E-state index contributed by atoms with van der Waals surface area (Å²) in [6, 6.07) is -28.0. The normalized spacial score (nSPS) is 20.2. The van der Waals surface area contributed by atoms with Gasteiger partial charge in [-0.15, -0.1) is 0 Å². The van der Waals surface area contributed by atoms with E-state index in [1.54, 1.807) is 0 Å². The van der Waals surface area contributed by atoms with Gasteiger partial charge < -0.3 is 4.42 Å². The maximum Gasteiger partial charge on any atom is 0.143 e. The lowest BCUT2D eigenvalue weighted by Crippen LogP contribution is -1.91. The zero-order valence-corrected chi connectivity index (χ0v) is 25.4. The molecule has 51 heavy (non-hydrogen) atoms. The SMILES string of the molecule is [2H]c1c([2H])c(-c2c([2H])c3c([2H])c([2H])c([2H])c([2H])c3c3c([2H])c([2H])c([2H])c([2H])c23)c([2H])c([2H])c1-c1c2c([2H])c([2H])c([2H])c([2H])c2c(-c2c([2H])c([2H])c3oc4c5c([2H])c([2H])c([2H])c([2H])c5c([2H])c([2H])c4c3c2[2H])c2c([2H])c([2H])c([2H])c([2H])c12. The van der Waals surface area contributed by atoms with Gasteiger partial charge in [-0.25, -0.2) is 0 Å². The Morgan fingerprint density at radius 3 is 1.51 bits per heavy atom. The van der Waals surface area contributed by atoms with Crippen LogP contribution < -0.4 is 0 Å². The summed E-state index contributed by atoms with van der Waals surface area (Å²) in [6.07, 6.45) is 0. The molecule has 0 amide bonds. The molecule has 1 nitrogen and oxygen atoms in total. The Hall–Kier alpha value is -6.70. The van der Waals surface area contributed by atoms with Crippen LogP contribution in [0, 0.1) is 0 Å². The first-order valence-corrected chi connectivity index (χ1v) is 15.2. The molecule has 11 rings (SSSR count). The summed E-state index contributed by atoms with van der Waals surface area (Å²) < 4.78 is 278. The van der Waals surface area contributed by atoms with Crippen molar-refractivity contribution in [3.8, 4) is 33.4 Å². The molecule has 1 heterocycles. The van der Waals surface area contributed by atoms with Gasteiger partial charge in [-0.3, -0.25) is 0 Å². The fourth-order valence-electron chi connectivity index (χ4n) is 6.38. The first-order chi connectivity index (χ1) is 37.8. The molecule has 11 aromatic rings. The van der Waals surface area contributed by atoms with Crippen LogP contribution in [-0.4, -0.2) is 0 Å². The number of fused-ring (bicyclic) bond motifs is 10. The van der Waals surface area contributed by atoms with E-state index in [0.29, 0.717) is 0 Å².